The zero-order valence-electron chi connectivity index (χ0n) is 8.93. The van der Waals surface area contributed by atoms with Crippen molar-refractivity contribution < 1.29 is 26.0 Å². The minimum absolute atomic E-state index is 0.0543. The molecule has 1 aromatic carbocycles. The van der Waals surface area contributed by atoms with Gasteiger partial charge in [0, 0.05) is 10.5 Å². The second-order valence-electron chi connectivity index (χ2n) is 3.08. The van der Waals surface area contributed by atoms with Crippen molar-refractivity contribution in [2.45, 2.75) is 11.8 Å². The van der Waals surface area contributed by atoms with E-state index in [0.29, 0.717) is 0 Å². The summed E-state index contributed by atoms with van der Waals surface area (Å²) in [5, 5.41) is 0. The van der Waals surface area contributed by atoms with Crippen LogP contribution in [0.15, 0.2) is 17.0 Å². The molecule has 17 heavy (non-hydrogen) atoms. The zero-order valence-corrected chi connectivity index (χ0v) is 10.6. The lowest BCUT2D eigenvalue weighted by atomic mass is 10.1. The van der Waals surface area contributed by atoms with Crippen molar-refractivity contribution in [3.05, 3.63) is 23.3 Å². The average Bonchev–Trinajstić information content (AvgIpc) is 2.19. The Morgan fingerprint density at radius 1 is 1.41 bits per heavy atom. The minimum atomic E-state index is -5.15. The molecular weight excluding hydrogens is 271 g/mol. The van der Waals surface area contributed by atoms with Crippen LogP contribution in [0.25, 0.3) is 0 Å². The highest BCUT2D eigenvalue weighted by atomic mass is 32.3. The van der Waals surface area contributed by atoms with E-state index in [2.05, 4.69) is 21.5 Å². The summed E-state index contributed by atoms with van der Waals surface area (Å²) in [6.07, 6.45) is 0. The molecule has 94 valence electrons. The first kappa shape index (κ1) is 13.8. The first-order valence-corrected chi connectivity index (χ1v) is 6.06. The summed E-state index contributed by atoms with van der Waals surface area (Å²) >= 11 is 3.95. The Labute approximate surface area is 103 Å². The highest BCUT2D eigenvalue weighted by molar-refractivity contribution is 7.81. The maximum Gasteiger partial charge on any atom is 0.488 e. The topological polar surface area (TPSA) is 69.7 Å². The Bertz CT molecular complexity index is 553. The Kier molecular flexibility index (Phi) is 3.99. The van der Waals surface area contributed by atoms with Gasteiger partial charge in [-0.1, -0.05) is 3.89 Å². The molecule has 0 aliphatic rings. The molecular formula is C9H9FO5S2. The number of hydrogen-bond donors (Lipinski definition) is 1. The van der Waals surface area contributed by atoms with Crippen LogP contribution < -0.4 is 4.18 Å². The number of benzene rings is 1. The van der Waals surface area contributed by atoms with Gasteiger partial charge in [-0.3, -0.25) is 0 Å². The molecule has 0 radical (unpaired) electrons. The van der Waals surface area contributed by atoms with Gasteiger partial charge in [0.2, 0.25) is 0 Å². The molecule has 0 fully saturated rings. The lowest BCUT2D eigenvalue weighted by Crippen LogP contribution is -2.08. The van der Waals surface area contributed by atoms with E-state index in [-0.39, 0.29) is 21.8 Å². The molecule has 0 aromatic heterocycles. The average molecular weight is 280 g/mol. The molecule has 0 saturated heterocycles. The van der Waals surface area contributed by atoms with Crippen LogP contribution in [0.4, 0.5) is 3.89 Å². The van der Waals surface area contributed by atoms with Crippen LogP contribution in [0.1, 0.15) is 15.9 Å². The second kappa shape index (κ2) is 4.92. The largest absolute Gasteiger partial charge is 0.488 e. The molecule has 1 aromatic rings. The van der Waals surface area contributed by atoms with Gasteiger partial charge in [-0.2, -0.15) is 8.42 Å². The van der Waals surface area contributed by atoms with Crippen LogP contribution in [-0.2, 0) is 15.2 Å². The van der Waals surface area contributed by atoms with Crippen molar-refractivity contribution in [2.24, 2.45) is 0 Å². The number of halogens is 1. The summed E-state index contributed by atoms with van der Waals surface area (Å²) in [5.41, 5.74) is 0.203. The first-order valence-electron chi connectivity index (χ1n) is 4.30. The van der Waals surface area contributed by atoms with Crippen LogP contribution >= 0.6 is 12.6 Å². The Balaban J connectivity index is 3.33. The first-order chi connectivity index (χ1) is 7.74. The maximum atomic E-state index is 12.4. The van der Waals surface area contributed by atoms with Gasteiger partial charge in [-0.25, -0.2) is 4.79 Å². The number of methoxy groups -OCH3 is 1. The molecule has 0 N–H and O–H groups in total. The van der Waals surface area contributed by atoms with E-state index in [9.17, 15) is 17.1 Å². The number of rotatable bonds is 3. The van der Waals surface area contributed by atoms with Crippen molar-refractivity contribution >= 4 is 29.1 Å². The van der Waals surface area contributed by atoms with Crippen molar-refractivity contribution in [1.82, 2.24) is 0 Å². The van der Waals surface area contributed by atoms with Gasteiger partial charge in [-0.05, 0) is 19.1 Å². The molecule has 1 rings (SSSR count). The molecule has 0 bridgehead atoms. The van der Waals surface area contributed by atoms with Crippen molar-refractivity contribution in [3.63, 3.8) is 0 Å². The highest BCUT2D eigenvalue weighted by Crippen LogP contribution is 2.27. The number of carbonyl (C=O) groups is 1. The number of hydrogen-bond acceptors (Lipinski definition) is 6. The van der Waals surface area contributed by atoms with E-state index in [0.717, 1.165) is 0 Å². The molecule has 5 nitrogen and oxygen atoms in total. The quantitative estimate of drug-likeness (QED) is 0.518. The van der Waals surface area contributed by atoms with Gasteiger partial charge in [-0.15, -0.1) is 12.6 Å². The fourth-order valence-electron chi connectivity index (χ4n) is 1.19. The summed E-state index contributed by atoms with van der Waals surface area (Å²) in [5.74, 6) is -1.00. The second-order valence-corrected chi connectivity index (χ2v) is 4.55. The third kappa shape index (κ3) is 3.60. The summed E-state index contributed by atoms with van der Waals surface area (Å²) in [7, 11) is -3.99. The summed E-state index contributed by atoms with van der Waals surface area (Å²) in [6.45, 7) is 1.40. The number of thiol groups is 1. The van der Waals surface area contributed by atoms with Gasteiger partial charge in [0.25, 0.3) is 0 Å². The lowest BCUT2D eigenvalue weighted by Gasteiger charge is -2.09. The predicted octanol–water partition coefficient (Wildman–Crippen LogP) is 1.66. The molecule has 0 atom stereocenters. The monoisotopic (exact) mass is 280 g/mol. The predicted molar refractivity (Wildman–Crippen MR) is 60.4 cm³/mol. The van der Waals surface area contributed by atoms with E-state index >= 15 is 0 Å². The van der Waals surface area contributed by atoms with Crippen molar-refractivity contribution in [1.29, 1.82) is 0 Å². The van der Waals surface area contributed by atoms with Gasteiger partial charge in [0.05, 0.1) is 12.7 Å². The Morgan fingerprint density at radius 2 is 2.00 bits per heavy atom. The van der Waals surface area contributed by atoms with Gasteiger partial charge >= 0.3 is 16.5 Å². The molecule has 0 amide bonds. The number of ether oxygens (including phenoxy) is 1. The minimum Gasteiger partial charge on any atom is -0.465 e. The van der Waals surface area contributed by atoms with Gasteiger partial charge < -0.3 is 8.92 Å². The number of carbonyl (C=O) groups excluding carboxylic acids is 1. The molecule has 0 aliphatic heterocycles. The Hall–Kier alpha value is -1.28. The summed E-state index contributed by atoms with van der Waals surface area (Å²) in [6, 6.07) is 2.55. The molecule has 8 heteroatoms. The lowest BCUT2D eigenvalue weighted by molar-refractivity contribution is 0.0599. The van der Waals surface area contributed by atoms with Gasteiger partial charge in [0.15, 0.2) is 0 Å². The fraction of sp³-hybridized carbons (Fsp3) is 0.222. The van der Waals surface area contributed by atoms with E-state index in [1.807, 2.05) is 0 Å². The SMILES string of the molecule is COC(=O)c1cc(S)cc(OS(=O)(=O)F)c1C. The molecule has 0 unspecified atom stereocenters. The van der Waals surface area contributed by atoms with E-state index in [1.165, 1.54) is 26.2 Å². The standard InChI is InChI=1S/C9H9FO5S2/c1-5-7(9(11)14-2)3-6(16)4-8(5)15-17(10,12)13/h3-4,16H,1-2H3. The van der Waals surface area contributed by atoms with Crippen molar-refractivity contribution in [3.8, 4) is 5.75 Å². The molecule has 0 saturated carbocycles. The van der Waals surface area contributed by atoms with Crippen LogP contribution in [0.2, 0.25) is 0 Å². The normalized spacial score (nSPS) is 11.1. The zero-order chi connectivity index (χ0) is 13.2. The summed E-state index contributed by atoms with van der Waals surface area (Å²) in [4.78, 5) is 11.6. The van der Waals surface area contributed by atoms with Crippen LogP contribution in [0, 0.1) is 6.92 Å². The summed E-state index contributed by atoms with van der Waals surface area (Å²) < 4.78 is 41.8. The molecule has 0 aliphatic carbocycles. The number of esters is 1. The molecule has 0 spiro atoms. The highest BCUT2D eigenvalue weighted by Gasteiger charge is 2.18. The maximum absolute atomic E-state index is 12.4. The van der Waals surface area contributed by atoms with E-state index in [1.54, 1.807) is 0 Å². The third-order valence-electron chi connectivity index (χ3n) is 1.94. The van der Waals surface area contributed by atoms with E-state index in [4.69, 9.17) is 0 Å². The smallest absolute Gasteiger partial charge is 0.465 e. The Morgan fingerprint density at radius 3 is 2.47 bits per heavy atom. The van der Waals surface area contributed by atoms with E-state index < -0.39 is 16.5 Å². The third-order valence-corrected chi connectivity index (χ3v) is 2.58. The van der Waals surface area contributed by atoms with Crippen LogP contribution in [0.3, 0.4) is 0 Å². The fourth-order valence-corrected chi connectivity index (χ4v) is 1.82. The molecule has 0 heterocycles. The van der Waals surface area contributed by atoms with Gasteiger partial charge in [0.1, 0.15) is 5.75 Å². The van der Waals surface area contributed by atoms with Crippen LogP contribution in [-0.4, -0.2) is 21.5 Å². The van der Waals surface area contributed by atoms with Crippen LogP contribution in [0.5, 0.6) is 5.75 Å². The van der Waals surface area contributed by atoms with Crippen molar-refractivity contribution in [2.75, 3.05) is 7.11 Å².